The second kappa shape index (κ2) is 8.31. The molecule has 2 heterocycles. The van der Waals surface area contributed by atoms with E-state index in [1.807, 2.05) is 31.3 Å². The van der Waals surface area contributed by atoms with E-state index in [0.29, 0.717) is 30.4 Å². The lowest BCUT2D eigenvalue weighted by atomic mass is 10.0. The highest BCUT2D eigenvalue weighted by Crippen LogP contribution is 2.17. The number of carbonyl (C=O) groups is 2. The smallest absolute Gasteiger partial charge is 0.274 e. The minimum Gasteiger partial charge on any atom is -0.335 e. The molecule has 2 aromatic rings. The lowest BCUT2D eigenvalue weighted by Crippen LogP contribution is -2.47. The Bertz CT molecular complexity index is 809. The Kier molecular flexibility index (Phi) is 5.86. The van der Waals surface area contributed by atoms with Crippen molar-refractivity contribution in [2.24, 2.45) is 0 Å². The Balaban J connectivity index is 1.69. The summed E-state index contributed by atoms with van der Waals surface area (Å²) >= 11 is 0. The summed E-state index contributed by atoms with van der Waals surface area (Å²) in [6.45, 7) is 7.29. The summed E-state index contributed by atoms with van der Waals surface area (Å²) in [5, 5.41) is 2.84. The van der Waals surface area contributed by atoms with Gasteiger partial charge in [-0.05, 0) is 42.8 Å². The molecule has 2 amide bonds. The van der Waals surface area contributed by atoms with Crippen molar-refractivity contribution in [3.05, 3.63) is 59.4 Å². The zero-order valence-corrected chi connectivity index (χ0v) is 16.1. The van der Waals surface area contributed by atoms with E-state index in [4.69, 9.17) is 0 Å². The van der Waals surface area contributed by atoms with Gasteiger partial charge in [0.1, 0.15) is 11.4 Å². The quantitative estimate of drug-likeness (QED) is 0.904. The molecule has 1 saturated heterocycles. The number of amides is 2. The topological polar surface area (TPSA) is 65.5 Å². The second-order valence-electron chi connectivity index (χ2n) is 7.23. The zero-order valence-electron chi connectivity index (χ0n) is 16.1. The predicted molar refractivity (Wildman–Crippen MR) is 106 cm³/mol. The van der Waals surface area contributed by atoms with Crippen molar-refractivity contribution in [2.45, 2.75) is 19.8 Å². The molecule has 0 radical (unpaired) electrons. The van der Waals surface area contributed by atoms with Crippen LogP contribution < -0.4 is 5.32 Å². The van der Waals surface area contributed by atoms with Gasteiger partial charge >= 0.3 is 0 Å². The second-order valence-corrected chi connectivity index (χ2v) is 7.23. The molecule has 0 spiro atoms. The molecule has 0 saturated carbocycles. The third-order valence-electron chi connectivity index (χ3n) is 4.83. The lowest BCUT2D eigenvalue weighted by molar-refractivity contribution is 0.0658. The molecule has 142 valence electrons. The summed E-state index contributed by atoms with van der Waals surface area (Å²) < 4.78 is 0. The first-order valence-corrected chi connectivity index (χ1v) is 9.30. The van der Waals surface area contributed by atoms with Gasteiger partial charge in [-0.2, -0.15) is 0 Å². The summed E-state index contributed by atoms with van der Waals surface area (Å²) in [7, 11) is 2.04. The fourth-order valence-electron chi connectivity index (χ4n) is 3.00. The maximum absolute atomic E-state index is 12.7. The number of pyridine rings is 1. The Hall–Kier alpha value is -2.73. The summed E-state index contributed by atoms with van der Waals surface area (Å²) in [5.74, 6) is -0.00644. The maximum Gasteiger partial charge on any atom is 0.274 e. The standard InChI is InChI=1S/C21H26N4O2/c1-15(2)16-7-9-17(10-8-16)22-20(26)18-5-4-6-19(23-18)21(27)25-13-11-24(3)12-14-25/h4-10,15H,11-14H2,1-3H3,(H,22,26). The van der Waals surface area contributed by atoms with Gasteiger partial charge in [-0.1, -0.05) is 32.0 Å². The van der Waals surface area contributed by atoms with E-state index in [2.05, 4.69) is 29.0 Å². The molecule has 0 unspecified atom stereocenters. The lowest BCUT2D eigenvalue weighted by Gasteiger charge is -2.32. The molecule has 0 aliphatic carbocycles. The van der Waals surface area contributed by atoms with E-state index in [1.165, 1.54) is 5.56 Å². The molecule has 0 atom stereocenters. The average molecular weight is 366 g/mol. The number of piperazine rings is 1. The molecular formula is C21H26N4O2. The first kappa shape index (κ1) is 19.0. The van der Waals surface area contributed by atoms with Crippen molar-refractivity contribution in [1.82, 2.24) is 14.8 Å². The van der Waals surface area contributed by atoms with Crippen LogP contribution in [0, 0.1) is 0 Å². The normalized spacial score (nSPS) is 15.0. The van der Waals surface area contributed by atoms with Crippen molar-refractivity contribution in [3.63, 3.8) is 0 Å². The first-order valence-electron chi connectivity index (χ1n) is 9.30. The molecule has 1 aromatic heterocycles. The van der Waals surface area contributed by atoms with E-state index in [9.17, 15) is 9.59 Å². The van der Waals surface area contributed by atoms with E-state index < -0.39 is 0 Å². The van der Waals surface area contributed by atoms with E-state index >= 15 is 0 Å². The molecule has 1 fully saturated rings. The first-order chi connectivity index (χ1) is 12.9. The molecule has 1 aliphatic rings. The van der Waals surface area contributed by atoms with Crippen molar-refractivity contribution >= 4 is 17.5 Å². The zero-order chi connectivity index (χ0) is 19.4. The van der Waals surface area contributed by atoms with Crippen LogP contribution in [0.15, 0.2) is 42.5 Å². The van der Waals surface area contributed by atoms with E-state index in [1.54, 1.807) is 23.1 Å². The van der Waals surface area contributed by atoms with Gasteiger partial charge in [0.05, 0.1) is 0 Å². The maximum atomic E-state index is 12.7. The van der Waals surface area contributed by atoms with Gasteiger partial charge in [0, 0.05) is 31.9 Å². The number of nitrogens with one attached hydrogen (secondary N) is 1. The molecule has 6 heteroatoms. The largest absolute Gasteiger partial charge is 0.335 e. The van der Waals surface area contributed by atoms with Crippen LogP contribution in [-0.4, -0.2) is 59.8 Å². The number of anilines is 1. The minimum atomic E-state index is -0.319. The average Bonchev–Trinajstić information content (AvgIpc) is 2.68. The molecule has 1 aliphatic heterocycles. The number of likely N-dealkylation sites (N-methyl/N-ethyl adjacent to an activating group) is 1. The van der Waals surface area contributed by atoms with Gasteiger partial charge in [0.2, 0.25) is 0 Å². The van der Waals surface area contributed by atoms with Crippen molar-refractivity contribution < 1.29 is 9.59 Å². The highest BCUT2D eigenvalue weighted by Gasteiger charge is 2.22. The van der Waals surface area contributed by atoms with Gasteiger partial charge in [-0.3, -0.25) is 9.59 Å². The fourth-order valence-corrected chi connectivity index (χ4v) is 3.00. The molecule has 6 nitrogen and oxygen atoms in total. The van der Waals surface area contributed by atoms with Crippen LogP contribution in [0.5, 0.6) is 0 Å². The van der Waals surface area contributed by atoms with Crippen molar-refractivity contribution in [1.29, 1.82) is 0 Å². The fraction of sp³-hybridized carbons (Fsp3) is 0.381. The van der Waals surface area contributed by atoms with Gasteiger partial charge in [-0.25, -0.2) is 4.98 Å². The summed E-state index contributed by atoms with van der Waals surface area (Å²) in [6, 6.07) is 12.8. The van der Waals surface area contributed by atoms with Crippen LogP contribution in [0.25, 0.3) is 0 Å². The number of aromatic nitrogens is 1. The number of nitrogens with zero attached hydrogens (tertiary/aromatic N) is 3. The molecular weight excluding hydrogens is 340 g/mol. The Morgan fingerprint density at radius 1 is 0.963 bits per heavy atom. The van der Waals surface area contributed by atoms with Crippen LogP contribution in [0.3, 0.4) is 0 Å². The highest BCUT2D eigenvalue weighted by molar-refractivity contribution is 6.03. The van der Waals surface area contributed by atoms with Crippen LogP contribution in [0.4, 0.5) is 5.69 Å². The summed E-state index contributed by atoms with van der Waals surface area (Å²) in [4.78, 5) is 33.4. The molecule has 27 heavy (non-hydrogen) atoms. The van der Waals surface area contributed by atoms with Crippen LogP contribution in [-0.2, 0) is 0 Å². The molecule has 3 rings (SSSR count). The van der Waals surface area contributed by atoms with Gasteiger partial charge < -0.3 is 15.1 Å². The number of rotatable bonds is 4. The highest BCUT2D eigenvalue weighted by atomic mass is 16.2. The van der Waals surface area contributed by atoms with Crippen molar-refractivity contribution in [3.8, 4) is 0 Å². The van der Waals surface area contributed by atoms with E-state index in [-0.39, 0.29) is 17.5 Å². The molecule has 1 aromatic carbocycles. The van der Waals surface area contributed by atoms with Crippen LogP contribution in [0.2, 0.25) is 0 Å². The summed E-state index contributed by atoms with van der Waals surface area (Å²) in [6.07, 6.45) is 0. The summed E-state index contributed by atoms with van der Waals surface area (Å²) in [5.41, 5.74) is 2.47. The minimum absolute atomic E-state index is 0.126. The van der Waals surface area contributed by atoms with E-state index in [0.717, 1.165) is 13.1 Å². The predicted octanol–water partition coefficient (Wildman–Crippen LogP) is 2.84. The molecule has 0 bridgehead atoms. The molecule has 1 N–H and O–H groups in total. The van der Waals surface area contributed by atoms with Crippen LogP contribution in [0.1, 0.15) is 46.3 Å². The third-order valence-corrected chi connectivity index (χ3v) is 4.83. The van der Waals surface area contributed by atoms with Crippen LogP contribution >= 0.6 is 0 Å². The third kappa shape index (κ3) is 4.71. The van der Waals surface area contributed by atoms with Gasteiger partial charge in [-0.15, -0.1) is 0 Å². The Labute approximate surface area is 160 Å². The number of carbonyl (C=O) groups excluding carboxylic acids is 2. The monoisotopic (exact) mass is 366 g/mol. The number of benzene rings is 1. The number of hydrogen-bond donors (Lipinski definition) is 1. The number of hydrogen-bond acceptors (Lipinski definition) is 4. The van der Waals surface area contributed by atoms with Crippen molar-refractivity contribution in [2.75, 3.05) is 38.5 Å². The Morgan fingerprint density at radius 2 is 1.59 bits per heavy atom. The van der Waals surface area contributed by atoms with Gasteiger partial charge in [0.25, 0.3) is 11.8 Å². The Morgan fingerprint density at radius 3 is 2.22 bits per heavy atom. The SMILES string of the molecule is CC(C)c1ccc(NC(=O)c2cccc(C(=O)N3CCN(C)CC3)n2)cc1. The van der Waals surface area contributed by atoms with Gasteiger partial charge in [0.15, 0.2) is 0 Å².